The van der Waals surface area contributed by atoms with Crippen molar-refractivity contribution in [3.8, 4) is 5.75 Å². The lowest BCUT2D eigenvalue weighted by atomic mass is 10.3. The quantitative estimate of drug-likeness (QED) is 0.855. The molecule has 0 amide bonds. The van der Waals surface area contributed by atoms with Gasteiger partial charge in [-0.1, -0.05) is 0 Å². The molecule has 1 heterocycles. The second kappa shape index (κ2) is 6.02. The number of methoxy groups -OCH3 is 1. The Kier molecular flexibility index (Phi) is 4.59. The van der Waals surface area contributed by atoms with E-state index in [-0.39, 0.29) is 4.90 Å². The third kappa shape index (κ3) is 3.16. The van der Waals surface area contributed by atoms with Gasteiger partial charge in [0.25, 0.3) is 0 Å². The molecule has 1 aliphatic rings. The molecule has 7 heteroatoms. The van der Waals surface area contributed by atoms with Crippen LogP contribution in [0.5, 0.6) is 5.75 Å². The van der Waals surface area contributed by atoms with E-state index in [1.54, 1.807) is 23.9 Å². The first kappa shape index (κ1) is 14.5. The molecule has 1 aliphatic heterocycles. The largest absolute Gasteiger partial charge is 0.495 e. The average Bonchev–Trinajstić information content (AvgIpc) is 2.67. The summed E-state index contributed by atoms with van der Waals surface area (Å²) in [6.07, 6.45) is 0.876. The lowest BCUT2D eigenvalue weighted by Crippen LogP contribution is -2.33. The van der Waals surface area contributed by atoms with E-state index in [9.17, 15) is 8.42 Å². The summed E-state index contributed by atoms with van der Waals surface area (Å²) in [5, 5.41) is 0. The standard InChI is InChI=1S/C12H18N2O3S2/c1-17-11-9-10(13)3-4-12(11)19(15,16)14-5-2-7-18-8-6-14/h3-4,9H,2,5-8,13H2,1H3. The summed E-state index contributed by atoms with van der Waals surface area (Å²) < 4.78 is 31.9. The number of sulfonamides is 1. The van der Waals surface area contributed by atoms with Crippen molar-refractivity contribution < 1.29 is 13.2 Å². The zero-order chi connectivity index (χ0) is 13.9. The Balaban J connectivity index is 2.38. The number of benzene rings is 1. The molecule has 19 heavy (non-hydrogen) atoms. The molecule has 2 N–H and O–H groups in total. The Labute approximate surface area is 118 Å². The van der Waals surface area contributed by atoms with Crippen LogP contribution in [0.3, 0.4) is 0 Å². The first-order chi connectivity index (χ1) is 9.05. The molecule has 1 fully saturated rings. The highest BCUT2D eigenvalue weighted by molar-refractivity contribution is 7.99. The van der Waals surface area contributed by atoms with E-state index in [2.05, 4.69) is 0 Å². The average molecular weight is 302 g/mol. The van der Waals surface area contributed by atoms with Crippen LogP contribution in [0.1, 0.15) is 6.42 Å². The molecule has 1 aromatic rings. The van der Waals surface area contributed by atoms with E-state index >= 15 is 0 Å². The topological polar surface area (TPSA) is 72.6 Å². The lowest BCUT2D eigenvalue weighted by Gasteiger charge is -2.21. The summed E-state index contributed by atoms with van der Waals surface area (Å²) in [5.74, 6) is 2.14. The van der Waals surface area contributed by atoms with Gasteiger partial charge in [-0.25, -0.2) is 8.42 Å². The molecular weight excluding hydrogens is 284 g/mol. The van der Waals surface area contributed by atoms with E-state index in [1.807, 2.05) is 0 Å². The van der Waals surface area contributed by atoms with Crippen molar-refractivity contribution in [2.45, 2.75) is 11.3 Å². The summed E-state index contributed by atoms with van der Waals surface area (Å²) in [6, 6.07) is 4.64. The Hall–Kier alpha value is -0.920. The molecular formula is C12H18N2O3S2. The zero-order valence-corrected chi connectivity index (χ0v) is 12.5. The zero-order valence-electron chi connectivity index (χ0n) is 10.8. The maximum atomic E-state index is 12.6. The van der Waals surface area contributed by atoms with Crippen LogP contribution in [0.2, 0.25) is 0 Å². The van der Waals surface area contributed by atoms with Gasteiger partial charge in [-0.3, -0.25) is 0 Å². The van der Waals surface area contributed by atoms with Crippen LogP contribution in [0.25, 0.3) is 0 Å². The van der Waals surface area contributed by atoms with Gasteiger partial charge in [0.1, 0.15) is 10.6 Å². The molecule has 0 aliphatic carbocycles. The van der Waals surface area contributed by atoms with E-state index in [4.69, 9.17) is 10.5 Å². The summed E-state index contributed by atoms with van der Waals surface area (Å²) in [5.41, 5.74) is 6.15. The number of anilines is 1. The molecule has 0 unspecified atom stereocenters. The van der Waals surface area contributed by atoms with E-state index in [0.717, 1.165) is 17.9 Å². The Morgan fingerprint density at radius 2 is 2.11 bits per heavy atom. The van der Waals surface area contributed by atoms with Gasteiger partial charge in [0.2, 0.25) is 10.0 Å². The number of nitrogens with zero attached hydrogens (tertiary/aromatic N) is 1. The summed E-state index contributed by atoms with van der Waals surface area (Å²) in [4.78, 5) is 0.191. The molecule has 1 aromatic carbocycles. The first-order valence-corrected chi connectivity index (χ1v) is 8.66. The van der Waals surface area contributed by atoms with Crippen LogP contribution in [-0.4, -0.2) is 44.4 Å². The molecule has 2 rings (SSSR count). The molecule has 1 saturated heterocycles. The smallest absolute Gasteiger partial charge is 0.246 e. The number of nitrogen functional groups attached to an aromatic ring is 1. The number of hydrogen-bond donors (Lipinski definition) is 1. The van der Waals surface area contributed by atoms with Gasteiger partial charge in [-0.2, -0.15) is 16.1 Å². The lowest BCUT2D eigenvalue weighted by molar-refractivity contribution is 0.394. The monoisotopic (exact) mass is 302 g/mol. The fourth-order valence-corrected chi connectivity index (χ4v) is 4.62. The van der Waals surface area contributed by atoms with Gasteiger partial charge in [0.15, 0.2) is 0 Å². The highest BCUT2D eigenvalue weighted by Gasteiger charge is 2.28. The maximum Gasteiger partial charge on any atom is 0.246 e. The normalized spacial score (nSPS) is 17.9. The third-order valence-electron chi connectivity index (χ3n) is 2.99. The van der Waals surface area contributed by atoms with Crippen molar-refractivity contribution >= 4 is 27.5 Å². The SMILES string of the molecule is COc1cc(N)ccc1S(=O)(=O)N1CCCSCC1. The number of hydrogen-bond acceptors (Lipinski definition) is 5. The molecule has 0 spiro atoms. The number of nitrogens with two attached hydrogens (primary N) is 1. The molecule has 0 saturated carbocycles. The predicted octanol–water partition coefficient (Wildman–Crippen LogP) is 1.41. The van der Waals surface area contributed by atoms with Crippen molar-refractivity contribution in [3.05, 3.63) is 18.2 Å². The summed E-state index contributed by atoms with van der Waals surface area (Å²) in [7, 11) is -2.05. The van der Waals surface area contributed by atoms with Crippen LogP contribution in [0.15, 0.2) is 23.1 Å². The Bertz CT molecular complexity index is 538. The minimum atomic E-state index is -3.51. The first-order valence-electron chi connectivity index (χ1n) is 6.07. The molecule has 106 valence electrons. The Morgan fingerprint density at radius 1 is 1.32 bits per heavy atom. The minimum Gasteiger partial charge on any atom is -0.495 e. The van der Waals surface area contributed by atoms with E-state index in [0.29, 0.717) is 24.5 Å². The third-order valence-corrected chi connectivity index (χ3v) is 5.97. The van der Waals surface area contributed by atoms with Crippen LogP contribution in [0.4, 0.5) is 5.69 Å². The fourth-order valence-electron chi connectivity index (χ4n) is 2.00. The van der Waals surface area contributed by atoms with E-state index in [1.165, 1.54) is 17.5 Å². The number of ether oxygens (including phenoxy) is 1. The van der Waals surface area contributed by atoms with Crippen molar-refractivity contribution in [3.63, 3.8) is 0 Å². The van der Waals surface area contributed by atoms with Crippen LogP contribution < -0.4 is 10.5 Å². The molecule has 0 aromatic heterocycles. The van der Waals surface area contributed by atoms with Crippen molar-refractivity contribution in [2.24, 2.45) is 0 Å². The van der Waals surface area contributed by atoms with Gasteiger partial charge in [-0.05, 0) is 24.3 Å². The second-order valence-corrected chi connectivity index (χ2v) is 7.41. The summed E-state index contributed by atoms with van der Waals surface area (Å²) >= 11 is 1.79. The van der Waals surface area contributed by atoms with Crippen molar-refractivity contribution in [2.75, 3.05) is 37.4 Å². The maximum absolute atomic E-state index is 12.6. The highest BCUT2D eigenvalue weighted by atomic mass is 32.2. The fraction of sp³-hybridized carbons (Fsp3) is 0.500. The highest BCUT2D eigenvalue weighted by Crippen LogP contribution is 2.29. The second-order valence-electron chi connectivity index (χ2n) is 4.28. The molecule has 0 atom stereocenters. The van der Waals surface area contributed by atoms with Crippen LogP contribution >= 0.6 is 11.8 Å². The number of thioether (sulfide) groups is 1. The van der Waals surface area contributed by atoms with Crippen LogP contribution in [-0.2, 0) is 10.0 Å². The molecule has 0 radical (unpaired) electrons. The van der Waals surface area contributed by atoms with Gasteiger partial charge in [-0.15, -0.1) is 0 Å². The minimum absolute atomic E-state index is 0.191. The van der Waals surface area contributed by atoms with Gasteiger partial charge < -0.3 is 10.5 Å². The van der Waals surface area contributed by atoms with E-state index < -0.39 is 10.0 Å². The summed E-state index contributed by atoms with van der Waals surface area (Å²) in [6.45, 7) is 1.10. The van der Waals surface area contributed by atoms with Gasteiger partial charge >= 0.3 is 0 Å². The predicted molar refractivity (Wildman–Crippen MR) is 78.1 cm³/mol. The van der Waals surface area contributed by atoms with Crippen molar-refractivity contribution in [1.82, 2.24) is 4.31 Å². The Morgan fingerprint density at radius 3 is 2.84 bits per heavy atom. The van der Waals surface area contributed by atoms with Crippen molar-refractivity contribution in [1.29, 1.82) is 0 Å². The van der Waals surface area contributed by atoms with Crippen LogP contribution in [0, 0.1) is 0 Å². The number of rotatable bonds is 3. The molecule has 5 nitrogen and oxygen atoms in total. The molecule has 0 bridgehead atoms. The van der Waals surface area contributed by atoms with Gasteiger partial charge in [0, 0.05) is 30.6 Å². The van der Waals surface area contributed by atoms with Gasteiger partial charge in [0.05, 0.1) is 7.11 Å².